The summed E-state index contributed by atoms with van der Waals surface area (Å²) in [5, 5.41) is 5.09. The van der Waals surface area contributed by atoms with Crippen LogP contribution in [0.1, 0.15) is 30.4 Å². The van der Waals surface area contributed by atoms with Crippen LogP contribution in [0, 0.1) is 0 Å². The molecule has 0 unspecified atom stereocenters. The van der Waals surface area contributed by atoms with Gasteiger partial charge in [-0.2, -0.15) is 0 Å². The van der Waals surface area contributed by atoms with Crippen molar-refractivity contribution >= 4 is 11.9 Å². The van der Waals surface area contributed by atoms with Crippen LogP contribution < -0.4 is 10.6 Å². The summed E-state index contributed by atoms with van der Waals surface area (Å²) in [6.07, 6.45) is 0.643. The molecule has 2 atom stereocenters. The van der Waals surface area contributed by atoms with E-state index < -0.39 is 11.6 Å². The molecule has 0 saturated carbocycles. The maximum absolute atomic E-state index is 11.9. The van der Waals surface area contributed by atoms with Gasteiger partial charge in [0.25, 0.3) is 5.91 Å². The minimum Gasteiger partial charge on any atom is -0.319 e. The smallest absolute Gasteiger partial charge is 0.319 e. The largest absolute Gasteiger partial charge is 0.322 e. The first kappa shape index (κ1) is 9.39. The predicted molar refractivity (Wildman–Crippen MR) is 57.8 cm³/mol. The molecule has 0 aromatic heterocycles. The quantitative estimate of drug-likeness (QED) is 0.641. The van der Waals surface area contributed by atoms with Gasteiger partial charge in [0, 0.05) is 0 Å². The van der Waals surface area contributed by atoms with Gasteiger partial charge in [0.2, 0.25) is 0 Å². The van der Waals surface area contributed by atoms with Crippen molar-refractivity contribution in [2.75, 3.05) is 0 Å². The van der Waals surface area contributed by atoms with Gasteiger partial charge < -0.3 is 5.32 Å². The molecule has 1 fully saturated rings. The number of rotatable bonds is 0. The first-order valence-electron chi connectivity index (χ1n) is 5.36. The van der Waals surface area contributed by atoms with Gasteiger partial charge in [-0.3, -0.25) is 10.1 Å². The molecule has 1 aromatic carbocycles. The minimum absolute atomic E-state index is 0.227. The lowest BCUT2D eigenvalue weighted by molar-refractivity contribution is -0.124. The molecule has 0 radical (unpaired) electrons. The molecular weight excluding hydrogens is 204 g/mol. The lowest BCUT2D eigenvalue weighted by Gasteiger charge is -2.21. The fraction of sp³-hybridized carbons (Fsp3) is 0.333. The molecule has 2 N–H and O–H groups in total. The van der Waals surface area contributed by atoms with E-state index in [1.165, 1.54) is 0 Å². The Labute approximate surface area is 93.0 Å². The van der Waals surface area contributed by atoms with Crippen LogP contribution in [-0.2, 0) is 10.3 Å². The maximum Gasteiger partial charge on any atom is 0.322 e. The number of imide groups is 1. The van der Waals surface area contributed by atoms with E-state index in [9.17, 15) is 9.59 Å². The van der Waals surface area contributed by atoms with Gasteiger partial charge in [-0.15, -0.1) is 0 Å². The van der Waals surface area contributed by atoms with E-state index in [0.29, 0.717) is 12.3 Å². The Kier molecular flexibility index (Phi) is 1.67. The molecule has 3 amide bonds. The zero-order valence-corrected chi connectivity index (χ0v) is 8.91. The molecule has 2 aliphatic rings. The Morgan fingerprint density at radius 3 is 2.75 bits per heavy atom. The number of benzene rings is 1. The van der Waals surface area contributed by atoms with Crippen molar-refractivity contribution in [3.05, 3.63) is 35.4 Å². The van der Waals surface area contributed by atoms with Crippen LogP contribution in [0.4, 0.5) is 4.79 Å². The summed E-state index contributed by atoms with van der Waals surface area (Å²) in [7, 11) is 0. The zero-order valence-electron chi connectivity index (χ0n) is 8.91. The summed E-state index contributed by atoms with van der Waals surface area (Å²) >= 11 is 0. The number of carbonyl (C=O) groups excluding carboxylic acids is 2. The van der Waals surface area contributed by atoms with E-state index in [0.717, 1.165) is 11.1 Å². The van der Waals surface area contributed by atoms with E-state index in [4.69, 9.17) is 0 Å². The van der Waals surface area contributed by atoms with Crippen molar-refractivity contribution in [3.8, 4) is 0 Å². The average molecular weight is 216 g/mol. The number of amides is 3. The van der Waals surface area contributed by atoms with Crippen LogP contribution in [0.25, 0.3) is 0 Å². The number of hydrogen-bond acceptors (Lipinski definition) is 2. The topological polar surface area (TPSA) is 58.2 Å². The second-order valence-corrected chi connectivity index (χ2v) is 4.51. The Bertz CT molecular complexity index is 498. The van der Waals surface area contributed by atoms with E-state index in [1.54, 1.807) is 0 Å². The Balaban J connectivity index is 2.19. The molecule has 16 heavy (non-hydrogen) atoms. The normalized spacial score (nSPS) is 31.4. The zero-order chi connectivity index (χ0) is 11.3. The molecule has 4 heteroatoms. The summed E-state index contributed by atoms with van der Waals surface area (Å²) in [6, 6.07) is 7.41. The van der Waals surface area contributed by atoms with E-state index in [-0.39, 0.29) is 5.91 Å². The number of nitrogens with one attached hydrogen (secondary N) is 2. The van der Waals surface area contributed by atoms with Crippen LogP contribution >= 0.6 is 0 Å². The predicted octanol–water partition coefficient (Wildman–Crippen LogP) is 1.23. The number of carbonyl (C=O) groups is 2. The fourth-order valence-electron chi connectivity index (χ4n) is 2.82. The van der Waals surface area contributed by atoms with Gasteiger partial charge in [-0.25, -0.2) is 4.79 Å². The second-order valence-electron chi connectivity index (χ2n) is 4.51. The number of fused-ring (bicyclic) bond motifs is 2. The maximum atomic E-state index is 11.9. The first-order chi connectivity index (χ1) is 7.63. The highest BCUT2D eigenvalue weighted by Crippen LogP contribution is 2.45. The highest BCUT2D eigenvalue weighted by Gasteiger charge is 2.53. The van der Waals surface area contributed by atoms with Crippen molar-refractivity contribution in [1.82, 2.24) is 10.6 Å². The minimum atomic E-state index is -0.826. The number of urea groups is 1. The standard InChI is InChI=1S/C12H12N2O2/c1-7-6-12(10(15)13-11(16)14-12)9-5-3-2-4-8(7)9/h2-5,7H,6H2,1H3,(H2,13,14,15,16)/t7-,12+/m1/s1. The molecule has 4 nitrogen and oxygen atoms in total. The van der Waals surface area contributed by atoms with Crippen LogP contribution in [-0.4, -0.2) is 11.9 Å². The first-order valence-corrected chi connectivity index (χ1v) is 5.36. The molecule has 1 saturated heterocycles. The molecule has 0 bridgehead atoms. The van der Waals surface area contributed by atoms with Gasteiger partial charge in [0.15, 0.2) is 0 Å². The Hall–Kier alpha value is -1.84. The Morgan fingerprint density at radius 2 is 2.06 bits per heavy atom. The summed E-state index contributed by atoms with van der Waals surface area (Å²) in [5.41, 5.74) is 1.26. The van der Waals surface area contributed by atoms with E-state index in [2.05, 4.69) is 17.6 Å². The molecular formula is C12H12N2O2. The van der Waals surface area contributed by atoms with E-state index in [1.807, 2.05) is 24.3 Å². The Morgan fingerprint density at radius 1 is 1.31 bits per heavy atom. The number of hydrogen-bond donors (Lipinski definition) is 2. The van der Waals surface area contributed by atoms with E-state index >= 15 is 0 Å². The summed E-state index contributed by atoms with van der Waals surface area (Å²) in [6.45, 7) is 2.07. The van der Waals surface area contributed by atoms with Crippen molar-refractivity contribution in [2.45, 2.75) is 24.8 Å². The highest BCUT2D eigenvalue weighted by atomic mass is 16.2. The third-order valence-electron chi connectivity index (χ3n) is 3.51. The molecule has 1 aromatic rings. The van der Waals surface area contributed by atoms with Crippen molar-refractivity contribution in [2.24, 2.45) is 0 Å². The van der Waals surface area contributed by atoms with Crippen molar-refractivity contribution in [1.29, 1.82) is 0 Å². The lowest BCUT2D eigenvalue weighted by Crippen LogP contribution is -2.41. The van der Waals surface area contributed by atoms with Gasteiger partial charge in [0.05, 0.1) is 0 Å². The van der Waals surface area contributed by atoms with Gasteiger partial charge in [-0.1, -0.05) is 31.2 Å². The molecule has 1 spiro atoms. The molecule has 1 heterocycles. The highest BCUT2D eigenvalue weighted by molar-refractivity contribution is 6.08. The molecule has 82 valence electrons. The summed E-state index contributed by atoms with van der Waals surface area (Å²) in [4.78, 5) is 23.2. The molecule has 1 aliphatic heterocycles. The van der Waals surface area contributed by atoms with Gasteiger partial charge in [-0.05, 0) is 23.5 Å². The van der Waals surface area contributed by atoms with Crippen LogP contribution in [0.5, 0.6) is 0 Å². The SMILES string of the molecule is C[C@@H]1C[C@]2(NC(=O)NC2=O)c2ccccc21. The third-order valence-corrected chi connectivity index (χ3v) is 3.51. The lowest BCUT2D eigenvalue weighted by atomic mass is 9.92. The summed E-state index contributed by atoms with van der Waals surface area (Å²) in [5.74, 6) is 0.0645. The van der Waals surface area contributed by atoms with Gasteiger partial charge >= 0.3 is 6.03 Å². The van der Waals surface area contributed by atoms with Crippen LogP contribution in [0.15, 0.2) is 24.3 Å². The average Bonchev–Trinajstić information content (AvgIpc) is 2.69. The van der Waals surface area contributed by atoms with Crippen LogP contribution in [0.2, 0.25) is 0 Å². The third kappa shape index (κ3) is 0.988. The second kappa shape index (κ2) is 2.84. The van der Waals surface area contributed by atoms with Crippen molar-refractivity contribution in [3.63, 3.8) is 0 Å². The molecule has 3 rings (SSSR count). The monoisotopic (exact) mass is 216 g/mol. The van der Waals surface area contributed by atoms with Gasteiger partial charge in [0.1, 0.15) is 5.54 Å². The van der Waals surface area contributed by atoms with Crippen molar-refractivity contribution < 1.29 is 9.59 Å². The fourth-order valence-corrected chi connectivity index (χ4v) is 2.82. The molecule has 1 aliphatic carbocycles. The van der Waals surface area contributed by atoms with Crippen LogP contribution in [0.3, 0.4) is 0 Å². The summed E-state index contributed by atoms with van der Waals surface area (Å²) < 4.78 is 0.